The number of carbonyl (C=O) groups is 1. The van der Waals surface area contributed by atoms with Gasteiger partial charge in [-0.25, -0.2) is 0 Å². The maximum atomic E-state index is 12.9. The van der Waals surface area contributed by atoms with Gasteiger partial charge in [-0.2, -0.15) is 0 Å². The highest BCUT2D eigenvalue weighted by atomic mass is 16.5. The Morgan fingerprint density at radius 3 is 2.21 bits per heavy atom. The molecule has 1 amide bonds. The fraction of sp³-hybridized carbons (Fsp3) is 0.524. The van der Waals surface area contributed by atoms with E-state index in [0.29, 0.717) is 28.6 Å². The van der Waals surface area contributed by atoms with E-state index in [-0.39, 0.29) is 29.8 Å². The zero-order chi connectivity index (χ0) is 20.5. The first-order chi connectivity index (χ1) is 14.1. The Labute approximate surface area is 169 Å². The number of fused-ring (bicyclic) bond motifs is 1. The molecule has 1 aromatic carbocycles. The van der Waals surface area contributed by atoms with Gasteiger partial charge in [0, 0.05) is 12.3 Å². The van der Waals surface area contributed by atoms with Crippen LogP contribution in [0.1, 0.15) is 61.6 Å². The number of hydrogen-bond acceptors (Lipinski definition) is 5. The summed E-state index contributed by atoms with van der Waals surface area (Å²) in [6.45, 7) is 0. The summed E-state index contributed by atoms with van der Waals surface area (Å²) in [5.41, 5.74) is 1.20. The van der Waals surface area contributed by atoms with E-state index in [4.69, 9.17) is 14.2 Å². The van der Waals surface area contributed by atoms with Crippen LogP contribution >= 0.6 is 0 Å². The first kappa shape index (κ1) is 19.4. The van der Waals surface area contributed by atoms with Crippen molar-refractivity contribution in [2.24, 2.45) is 0 Å². The second kappa shape index (κ2) is 7.85. The van der Waals surface area contributed by atoms with Crippen LogP contribution in [0.4, 0.5) is 5.82 Å². The van der Waals surface area contributed by atoms with Gasteiger partial charge in [0.1, 0.15) is 5.82 Å². The van der Waals surface area contributed by atoms with Crippen molar-refractivity contribution in [3.63, 3.8) is 0 Å². The minimum atomic E-state index is -0.388. The molecule has 1 saturated carbocycles. The van der Waals surface area contributed by atoms with Gasteiger partial charge in [0.2, 0.25) is 11.7 Å². The van der Waals surface area contributed by atoms with Gasteiger partial charge in [0.15, 0.2) is 11.5 Å². The van der Waals surface area contributed by atoms with Crippen LogP contribution in [0.15, 0.2) is 16.9 Å². The second-order valence-corrected chi connectivity index (χ2v) is 7.63. The standard InChI is InChI=1S/C21H27N3O5/c1-27-15-9-12(10-16(28-2)19(15)29-3)14-11-17(25)22-20-18(14)21(26)23-24(20)13-7-5-4-6-8-13/h9-10,13-14H,4-8,11H2,1-3H3,(H,22,25)(H,23,26)/t14-/m1/s1. The molecule has 1 aliphatic carbocycles. The molecule has 2 heterocycles. The molecule has 1 atom stereocenters. The summed E-state index contributed by atoms with van der Waals surface area (Å²) in [4.78, 5) is 25.5. The molecule has 0 saturated heterocycles. The predicted octanol–water partition coefficient (Wildman–Crippen LogP) is 3.18. The average Bonchev–Trinajstić information content (AvgIpc) is 3.08. The molecular formula is C21H27N3O5. The predicted molar refractivity (Wildman–Crippen MR) is 108 cm³/mol. The Balaban J connectivity index is 1.83. The van der Waals surface area contributed by atoms with E-state index in [1.807, 2.05) is 16.8 Å². The molecular weight excluding hydrogens is 374 g/mol. The van der Waals surface area contributed by atoms with Crippen molar-refractivity contribution in [2.45, 2.75) is 50.5 Å². The number of rotatable bonds is 5. The van der Waals surface area contributed by atoms with Gasteiger partial charge in [-0.05, 0) is 30.5 Å². The number of methoxy groups -OCH3 is 3. The van der Waals surface area contributed by atoms with Gasteiger partial charge in [0.05, 0.1) is 32.9 Å². The van der Waals surface area contributed by atoms with Gasteiger partial charge in [-0.3, -0.25) is 19.4 Å². The largest absolute Gasteiger partial charge is 0.493 e. The van der Waals surface area contributed by atoms with Crippen molar-refractivity contribution in [2.75, 3.05) is 26.6 Å². The highest BCUT2D eigenvalue weighted by molar-refractivity contribution is 5.94. The molecule has 0 unspecified atom stereocenters. The fourth-order valence-corrected chi connectivity index (χ4v) is 4.58. The number of amides is 1. The number of aromatic amines is 1. The van der Waals surface area contributed by atoms with Crippen LogP contribution in [0.5, 0.6) is 17.2 Å². The van der Waals surface area contributed by atoms with Gasteiger partial charge < -0.3 is 19.5 Å². The number of carbonyl (C=O) groups excluding carboxylic acids is 1. The third-order valence-corrected chi connectivity index (χ3v) is 5.99. The number of anilines is 1. The molecule has 1 fully saturated rings. The lowest BCUT2D eigenvalue weighted by Crippen LogP contribution is -2.27. The molecule has 0 bridgehead atoms. The summed E-state index contributed by atoms with van der Waals surface area (Å²) >= 11 is 0. The normalized spacial score (nSPS) is 19.4. The molecule has 2 aliphatic rings. The van der Waals surface area contributed by atoms with E-state index in [1.165, 1.54) is 6.42 Å². The lowest BCUT2D eigenvalue weighted by Gasteiger charge is -2.28. The number of aromatic nitrogens is 2. The number of benzene rings is 1. The van der Waals surface area contributed by atoms with E-state index in [9.17, 15) is 9.59 Å². The Hall–Kier alpha value is -2.90. The smallest absolute Gasteiger partial charge is 0.270 e. The molecule has 0 spiro atoms. The summed E-state index contributed by atoms with van der Waals surface area (Å²) in [5.74, 6) is 1.57. The molecule has 0 radical (unpaired) electrons. The third-order valence-electron chi connectivity index (χ3n) is 5.99. The second-order valence-electron chi connectivity index (χ2n) is 7.63. The molecule has 8 nitrogen and oxygen atoms in total. The zero-order valence-corrected chi connectivity index (χ0v) is 17.0. The molecule has 8 heteroatoms. The van der Waals surface area contributed by atoms with Crippen LogP contribution in [-0.2, 0) is 4.79 Å². The molecule has 1 aliphatic heterocycles. The summed E-state index contributed by atoms with van der Waals surface area (Å²) < 4.78 is 18.2. The van der Waals surface area contributed by atoms with E-state index in [2.05, 4.69) is 10.4 Å². The fourth-order valence-electron chi connectivity index (χ4n) is 4.58. The minimum Gasteiger partial charge on any atom is -0.493 e. The zero-order valence-electron chi connectivity index (χ0n) is 17.0. The lowest BCUT2D eigenvalue weighted by atomic mass is 9.86. The average molecular weight is 401 g/mol. The van der Waals surface area contributed by atoms with Gasteiger partial charge in [-0.15, -0.1) is 0 Å². The SMILES string of the molecule is COc1cc([C@H]2CC(=O)Nc3c2c(=O)[nH]n3C2CCCCC2)cc(OC)c1OC. The van der Waals surface area contributed by atoms with Crippen molar-refractivity contribution >= 4 is 11.7 Å². The first-order valence-electron chi connectivity index (χ1n) is 10.0. The molecule has 1 aromatic heterocycles. The number of ether oxygens (including phenoxy) is 3. The van der Waals surface area contributed by atoms with Gasteiger partial charge in [-0.1, -0.05) is 19.3 Å². The quantitative estimate of drug-likeness (QED) is 0.802. The van der Waals surface area contributed by atoms with Crippen molar-refractivity contribution < 1.29 is 19.0 Å². The van der Waals surface area contributed by atoms with Crippen LogP contribution in [0.3, 0.4) is 0 Å². The molecule has 2 N–H and O–H groups in total. The van der Waals surface area contributed by atoms with Crippen molar-refractivity contribution in [1.82, 2.24) is 9.78 Å². The number of nitrogens with zero attached hydrogens (tertiary/aromatic N) is 1. The van der Waals surface area contributed by atoms with Crippen LogP contribution in [0.2, 0.25) is 0 Å². The number of H-pyrrole nitrogens is 1. The minimum absolute atomic E-state index is 0.111. The Bertz CT molecular complexity index is 946. The first-order valence-corrected chi connectivity index (χ1v) is 10.0. The monoisotopic (exact) mass is 401 g/mol. The van der Waals surface area contributed by atoms with Crippen LogP contribution in [0.25, 0.3) is 0 Å². The lowest BCUT2D eigenvalue weighted by molar-refractivity contribution is -0.116. The Kier molecular flexibility index (Phi) is 5.25. The molecule has 156 valence electrons. The van der Waals surface area contributed by atoms with Crippen LogP contribution in [-0.4, -0.2) is 37.0 Å². The highest BCUT2D eigenvalue weighted by Gasteiger charge is 2.35. The number of nitrogens with one attached hydrogen (secondary N) is 2. The highest BCUT2D eigenvalue weighted by Crippen LogP contribution is 2.44. The van der Waals surface area contributed by atoms with E-state index in [0.717, 1.165) is 31.2 Å². The summed E-state index contributed by atoms with van der Waals surface area (Å²) in [6.07, 6.45) is 5.66. The summed E-state index contributed by atoms with van der Waals surface area (Å²) in [5, 5.41) is 5.92. The van der Waals surface area contributed by atoms with Gasteiger partial charge >= 0.3 is 0 Å². The third kappa shape index (κ3) is 3.36. The Morgan fingerprint density at radius 2 is 1.62 bits per heavy atom. The maximum absolute atomic E-state index is 12.9. The summed E-state index contributed by atoms with van der Waals surface area (Å²) in [7, 11) is 4.64. The number of hydrogen-bond donors (Lipinski definition) is 2. The van der Waals surface area contributed by atoms with Crippen LogP contribution < -0.4 is 25.1 Å². The Morgan fingerprint density at radius 1 is 0.966 bits per heavy atom. The van der Waals surface area contributed by atoms with Crippen molar-refractivity contribution in [3.8, 4) is 17.2 Å². The van der Waals surface area contributed by atoms with Gasteiger partial charge in [0.25, 0.3) is 5.56 Å². The van der Waals surface area contributed by atoms with Crippen LogP contribution in [0, 0.1) is 0 Å². The van der Waals surface area contributed by atoms with Crippen molar-refractivity contribution in [3.05, 3.63) is 33.6 Å². The maximum Gasteiger partial charge on any atom is 0.270 e. The van der Waals surface area contributed by atoms with E-state index < -0.39 is 0 Å². The van der Waals surface area contributed by atoms with E-state index in [1.54, 1.807) is 21.3 Å². The van der Waals surface area contributed by atoms with E-state index >= 15 is 0 Å². The molecule has 29 heavy (non-hydrogen) atoms. The van der Waals surface area contributed by atoms with Crippen molar-refractivity contribution in [1.29, 1.82) is 0 Å². The topological polar surface area (TPSA) is 94.6 Å². The molecule has 4 rings (SSSR count). The summed E-state index contributed by atoms with van der Waals surface area (Å²) in [6, 6.07) is 3.83. The molecule has 2 aromatic rings.